The van der Waals surface area contributed by atoms with E-state index in [1.165, 1.54) is 36.4 Å². The molecule has 10 heteroatoms. The Bertz CT molecular complexity index is 912. The van der Waals surface area contributed by atoms with Crippen LogP contribution in [-0.4, -0.2) is 19.3 Å². The summed E-state index contributed by atoms with van der Waals surface area (Å²) in [7, 11) is -3.96. The largest absolute Gasteiger partial charge is 0.550 e. The number of halogens is 1. The molecule has 0 radical (unpaired) electrons. The van der Waals surface area contributed by atoms with Crippen LogP contribution in [0.4, 0.5) is 11.4 Å². The number of carboxylic acid groups (broad SMARTS) is 1. The molecule has 1 N–H and O–H groups in total. The lowest BCUT2D eigenvalue weighted by atomic mass is 10.1. The van der Waals surface area contributed by atoms with Crippen LogP contribution >= 0.6 is 11.6 Å². The fraction of sp³-hybridized carbons (Fsp3) is 0.133. The fourth-order valence-electron chi connectivity index (χ4n) is 2.01. The van der Waals surface area contributed by atoms with Crippen molar-refractivity contribution < 1.29 is 23.2 Å². The summed E-state index contributed by atoms with van der Waals surface area (Å²) in [6.45, 7) is 0. The van der Waals surface area contributed by atoms with Gasteiger partial charge in [0.15, 0.2) is 0 Å². The third-order valence-electron chi connectivity index (χ3n) is 3.25. The van der Waals surface area contributed by atoms with Gasteiger partial charge in [-0.25, -0.2) is 8.42 Å². The van der Waals surface area contributed by atoms with E-state index in [4.69, 9.17) is 11.6 Å². The van der Waals surface area contributed by atoms with Gasteiger partial charge in [-0.15, -0.1) is 0 Å². The molecule has 0 atom stereocenters. The van der Waals surface area contributed by atoms with Crippen LogP contribution in [0, 0.1) is 10.1 Å². The number of sulfonamides is 1. The zero-order valence-electron chi connectivity index (χ0n) is 12.6. The Hall–Kier alpha value is -2.65. The molecule has 0 aliphatic rings. The molecule has 25 heavy (non-hydrogen) atoms. The Labute approximate surface area is 148 Å². The molecule has 2 rings (SSSR count). The molecule has 0 heterocycles. The predicted molar refractivity (Wildman–Crippen MR) is 88.7 cm³/mol. The van der Waals surface area contributed by atoms with Gasteiger partial charge in [0.1, 0.15) is 5.02 Å². The average molecular weight is 384 g/mol. The number of hydrogen-bond acceptors (Lipinski definition) is 6. The summed E-state index contributed by atoms with van der Waals surface area (Å²) in [5, 5.41) is 21.2. The lowest BCUT2D eigenvalue weighted by Gasteiger charge is -2.09. The number of aryl methyl sites for hydroxylation is 1. The molecule has 0 aliphatic heterocycles. The van der Waals surface area contributed by atoms with E-state index >= 15 is 0 Å². The number of carbonyl (C=O) groups is 1. The Balaban J connectivity index is 2.20. The summed E-state index contributed by atoms with van der Waals surface area (Å²) in [6, 6.07) is 9.16. The number of nitrogens with zero attached hydrogens (tertiary/aromatic N) is 1. The maximum atomic E-state index is 12.3. The maximum absolute atomic E-state index is 12.3. The number of nitro benzene ring substituents is 1. The quantitative estimate of drug-likeness (QED) is 0.572. The Morgan fingerprint density at radius 1 is 1.16 bits per heavy atom. The summed E-state index contributed by atoms with van der Waals surface area (Å²) in [5.74, 6) is -1.19. The van der Waals surface area contributed by atoms with Gasteiger partial charge in [0, 0.05) is 12.0 Å². The average Bonchev–Trinajstić information content (AvgIpc) is 2.54. The molecule has 0 spiro atoms. The number of nitrogens with one attached hydrogen (secondary N) is 1. The molecule has 0 bridgehead atoms. The smallest absolute Gasteiger partial charge is 0.289 e. The Morgan fingerprint density at radius 3 is 2.36 bits per heavy atom. The summed E-state index contributed by atoms with van der Waals surface area (Å²) < 4.78 is 26.9. The standard InChI is InChI=1S/C15H13ClN2O6S/c16-13-7-4-11(9-14(13)18(21)22)17-25(23,24)12-5-1-10(2-6-12)3-8-15(19)20/h1-2,4-7,9,17H,3,8H2,(H,19,20)/p-1. The van der Waals surface area contributed by atoms with Crippen LogP contribution in [0.2, 0.25) is 5.02 Å². The minimum Gasteiger partial charge on any atom is -0.550 e. The molecule has 0 amide bonds. The van der Waals surface area contributed by atoms with Gasteiger partial charge in [0.25, 0.3) is 15.7 Å². The van der Waals surface area contributed by atoms with Crippen molar-refractivity contribution in [2.45, 2.75) is 17.7 Å². The summed E-state index contributed by atoms with van der Waals surface area (Å²) in [4.78, 5) is 20.5. The summed E-state index contributed by atoms with van der Waals surface area (Å²) in [5.41, 5.74) is 0.224. The van der Waals surface area contributed by atoms with E-state index in [1.54, 1.807) is 0 Å². The van der Waals surface area contributed by atoms with Gasteiger partial charge in [-0.1, -0.05) is 23.7 Å². The second-order valence-electron chi connectivity index (χ2n) is 5.04. The van der Waals surface area contributed by atoms with Gasteiger partial charge in [-0.3, -0.25) is 14.8 Å². The third-order valence-corrected chi connectivity index (χ3v) is 4.96. The molecule has 2 aromatic carbocycles. The van der Waals surface area contributed by atoms with Crippen LogP contribution < -0.4 is 9.83 Å². The van der Waals surface area contributed by atoms with E-state index in [0.717, 1.165) is 6.07 Å². The first kappa shape index (κ1) is 18.7. The zero-order chi connectivity index (χ0) is 18.6. The normalized spacial score (nSPS) is 11.1. The van der Waals surface area contributed by atoms with Gasteiger partial charge < -0.3 is 9.90 Å². The first-order valence-corrected chi connectivity index (χ1v) is 8.81. The van der Waals surface area contributed by atoms with Gasteiger partial charge in [-0.05, 0) is 42.7 Å². The monoisotopic (exact) mass is 383 g/mol. The highest BCUT2D eigenvalue weighted by molar-refractivity contribution is 7.92. The highest BCUT2D eigenvalue weighted by atomic mass is 35.5. The first-order chi connectivity index (χ1) is 11.7. The van der Waals surface area contributed by atoms with Gasteiger partial charge >= 0.3 is 0 Å². The predicted octanol–water partition coefficient (Wildman–Crippen LogP) is 1.73. The lowest BCUT2D eigenvalue weighted by molar-refractivity contribution is -0.384. The van der Waals surface area contributed by atoms with E-state index in [0.29, 0.717) is 5.56 Å². The van der Waals surface area contributed by atoms with Crippen LogP contribution in [0.3, 0.4) is 0 Å². The molecule has 132 valence electrons. The van der Waals surface area contributed by atoms with Crippen LogP contribution in [0.5, 0.6) is 0 Å². The molecule has 0 unspecified atom stereocenters. The van der Waals surface area contributed by atoms with Crippen LogP contribution in [-0.2, 0) is 21.2 Å². The van der Waals surface area contributed by atoms with Crippen LogP contribution in [0.25, 0.3) is 0 Å². The van der Waals surface area contributed by atoms with Crippen molar-refractivity contribution in [2.24, 2.45) is 0 Å². The van der Waals surface area contributed by atoms with Crippen molar-refractivity contribution in [1.82, 2.24) is 0 Å². The van der Waals surface area contributed by atoms with E-state index < -0.39 is 26.6 Å². The second kappa shape index (κ2) is 7.49. The molecule has 2 aromatic rings. The number of aliphatic carboxylic acids is 1. The Morgan fingerprint density at radius 2 is 1.80 bits per heavy atom. The van der Waals surface area contributed by atoms with Crippen LogP contribution in [0.15, 0.2) is 47.4 Å². The number of anilines is 1. The molecule has 8 nitrogen and oxygen atoms in total. The molecule has 0 fully saturated rings. The fourth-order valence-corrected chi connectivity index (χ4v) is 3.25. The topological polar surface area (TPSA) is 129 Å². The van der Waals surface area contributed by atoms with Crippen molar-refractivity contribution in [2.75, 3.05) is 4.72 Å². The lowest BCUT2D eigenvalue weighted by Crippen LogP contribution is -2.22. The SMILES string of the molecule is O=C([O-])CCc1ccc(S(=O)(=O)Nc2ccc(Cl)c([N+](=O)[O-])c2)cc1. The summed E-state index contributed by atoms with van der Waals surface area (Å²) in [6.07, 6.45) is 0.0538. The highest BCUT2D eigenvalue weighted by Gasteiger charge is 2.18. The Kier molecular flexibility index (Phi) is 5.60. The number of carbonyl (C=O) groups excluding carboxylic acids is 1. The molecule has 0 aliphatic carbocycles. The van der Waals surface area contributed by atoms with Crippen molar-refractivity contribution in [3.05, 3.63) is 63.2 Å². The van der Waals surface area contributed by atoms with Crippen molar-refractivity contribution in [1.29, 1.82) is 0 Å². The molecule has 0 saturated carbocycles. The van der Waals surface area contributed by atoms with Gasteiger partial charge in [0.05, 0.1) is 15.5 Å². The van der Waals surface area contributed by atoms with E-state index in [1.807, 2.05) is 0 Å². The molecule has 0 saturated heterocycles. The van der Waals surface area contributed by atoms with E-state index in [9.17, 15) is 28.4 Å². The number of hydrogen-bond donors (Lipinski definition) is 1. The van der Waals surface area contributed by atoms with Gasteiger partial charge in [-0.2, -0.15) is 0 Å². The van der Waals surface area contributed by atoms with E-state index in [-0.39, 0.29) is 28.4 Å². The number of benzene rings is 2. The van der Waals surface area contributed by atoms with Crippen molar-refractivity contribution in [3.63, 3.8) is 0 Å². The molecular formula is C15H12ClN2O6S-. The second-order valence-corrected chi connectivity index (χ2v) is 7.13. The van der Waals surface area contributed by atoms with Gasteiger partial charge in [0.2, 0.25) is 0 Å². The molecule has 0 aromatic heterocycles. The molecular weight excluding hydrogens is 372 g/mol. The van der Waals surface area contributed by atoms with E-state index in [2.05, 4.69) is 4.72 Å². The maximum Gasteiger partial charge on any atom is 0.289 e. The van der Waals surface area contributed by atoms with Crippen LogP contribution in [0.1, 0.15) is 12.0 Å². The number of carboxylic acids is 1. The number of rotatable bonds is 7. The zero-order valence-corrected chi connectivity index (χ0v) is 14.2. The highest BCUT2D eigenvalue weighted by Crippen LogP contribution is 2.28. The number of nitro groups is 1. The summed E-state index contributed by atoms with van der Waals surface area (Å²) >= 11 is 5.68. The third kappa shape index (κ3) is 4.91. The first-order valence-electron chi connectivity index (χ1n) is 6.94. The minimum absolute atomic E-state index is 0.00266. The minimum atomic E-state index is -3.96. The van der Waals surface area contributed by atoms with Crippen molar-refractivity contribution >= 4 is 39.0 Å². The van der Waals surface area contributed by atoms with Crippen molar-refractivity contribution in [3.8, 4) is 0 Å².